The standard InChI is InChI=1S/C11H23IO3Si/c1-5-8-11(13-2)10(12)7-6-9-16(11,14-3)15-4/h10H,5-9H2,1-4H3. The lowest BCUT2D eigenvalue weighted by Gasteiger charge is -2.50. The second kappa shape index (κ2) is 6.13. The van der Waals surface area contributed by atoms with Crippen LogP contribution in [0, 0.1) is 0 Å². The van der Waals surface area contributed by atoms with Gasteiger partial charge in [0, 0.05) is 25.3 Å². The van der Waals surface area contributed by atoms with E-state index in [0.717, 1.165) is 18.9 Å². The molecule has 0 saturated carbocycles. The van der Waals surface area contributed by atoms with E-state index in [2.05, 4.69) is 29.5 Å². The van der Waals surface area contributed by atoms with Crippen molar-refractivity contribution in [1.82, 2.24) is 0 Å². The summed E-state index contributed by atoms with van der Waals surface area (Å²) in [4.78, 5) is 0. The molecule has 0 aromatic rings. The molecule has 1 saturated heterocycles. The fourth-order valence-electron chi connectivity index (χ4n) is 2.93. The van der Waals surface area contributed by atoms with Gasteiger partial charge in [0.05, 0.1) is 0 Å². The first kappa shape index (κ1) is 14.9. The van der Waals surface area contributed by atoms with Crippen molar-refractivity contribution in [3.8, 4) is 0 Å². The maximum Gasteiger partial charge on any atom is 0.371 e. The summed E-state index contributed by atoms with van der Waals surface area (Å²) in [5.74, 6) is 0. The molecule has 0 radical (unpaired) electrons. The molecule has 0 aliphatic carbocycles. The van der Waals surface area contributed by atoms with Gasteiger partial charge in [-0.15, -0.1) is 0 Å². The molecule has 0 bridgehead atoms. The summed E-state index contributed by atoms with van der Waals surface area (Å²) in [6, 6.07) is 1.05. The van der Waals surface area contributed by atoms with E-state index in [9.17, 15) is 0 Å². The Morgan fingerprint density at radius 3 is 2.38 bits per heavy atom. The maximum absolute atomic E-state index is 5.93. The molecule has 1 fully saturated rings. The molecule has 16 heavy (non-hydrogen) atoms. The molecule has 1 aliphatic heterocycles. The topological polar surface area (TPSA) is 27.7 Å². The molecule has 2 atom stereocenters. The molecular formula is C11H23IO3Si. The van der Waals surface area contributed by atoms with Gasteiger partial charge in [-0.3, -0.25) is 0 Å². The number of ether oxygens (including phenoxy) is 1. The average molecular weight is 358 g/mol. The summed E-state index contributed by atoms with van der Waals surface area (Å²) in [6.07, 6.45) is 4.53. The predicted octanol–water partition coefficient (Wildman–Crippen LogP) is 3.04. The van der Waals surface area contributed by atoms with Crippen molar-refractivity contribution >= 4 is 31.2 Å². The lowest BCUT2D eigenvalue weighted by molar-refractivity contribution is -0.00674. The minimum Gasteiger partial charge on any atom is -0.396 e. The summed E-state index contributed by atoms with van der Waals surface area (Å²) >= 11 is 2.52. The van der Waals surface area contributed by atoms with Crippen molar-refractivity contribution in [2.24, 2.45) is 0 Å². The van der Waals surface area contributed by atoms with Crippen molar-refractivity contribution in [3.63, 3.8) is 0 Å². The molecule has 96 valence electrons. The van der Waals surface area contributed by atoms with Crippen molar-refractivity contribution in [3.05, 3.63) is 0 Å². The Bertz CT molecular complexity index is 223. The molecule has 5 heteroatoms. The Balaban J connectivity index is 3.09. The van der Waals surface area contributed by atoms with Gasteiger partial charge in [0.1, 0.15) is 5.22 Å². The van der Waals surface area contributed by atoms with Crippen LogP contribution in [0.25, 0.3) is 0 Å². The molecular weight excluding hydrogens is 335 g/mol. The molecule has 1 heterocycles. The van der Waals surface area contributed by atoms with Crippen molar-refractivity contribution in [2.75, 3.05) is 21.3 Å². The van der Waals surface area contributed by atoms with Crippen LogP contribution in [-0.4, -0.2) is 39.0 Å². The van der Waals surface area contributed by atoms with E-state index in [1.54, 1.807) is 14.2 Å². The summed E-state index contributed by atoms with van der Waals surface area (Å²) in [6.45, 7) is 2.20. The highest BCUT2D eigenvalue weighted by atomic mass is 127. The van der Waals surface area contributed by atoms with Crippen molar-refractivity contribution in [2.45, 2.75) is 47.8 Å². The van der Waals surface area contributed by atoms with Crippen LogP contribution in [0.1, 0.15) is 32.6 Å². The predicted molar refractivity (Wildman–Crippen MR) is 76.3 cm³/mol. The Morgan fingerprint density at radius 2 is 1.94 bits per heavy atom. The van der Waals surface area contributed by atoms with E-state index in [1.165, 1.54) is 12.8 Å². The van der Waals surface area contributed by atoms with Crippen molar-refractivity contribution < 1.29 is 13.6 Å². The second-order valence-corrected chi connectivity index (χ2v) is 9.54. The summed E-state index contributed by atoms with van der Waals surface area (Å²) in [5.41, 5.74) is 0. The van der Waals surface area contributed by atoms with E-state index in [1.807, 2.05) is 7.11 Å². The van der Waals surface area contributed by atoms with Crippen LogP contribution in [0.5, 0.6) is 0 Å². The van der Waals surface area contributed by atoms with Gasteiger partial charge in [-0.05, 0) is 18.9 Å². The monoisotopic (exact) mass is 358 g/mol. The van der Waals surface area contributed by atoms with Gasteiger partial charge in [0.15, 0.2) is 0 Å². The van der Waals surface area contributed by atoms with Crippen LogP contribution in [0.3, 0.4) is 0 Å². The first-order valence-corrected chi connectivity index (χ1v) is 9.19. The average Bonchev–Trinajstić information content (AvgIpc) is 2.32. The number of hydrogen-bond acceptors (Lipinski definition) is 3. The maximum atomic E-state index is 5.93. The Kier molecular flexibility index (Phi) is 5.70. The van der Waals surface area contributed by atoms with E-state index in [-0.39, 0.29) is 5.22 Å². The molecule has 0 amide bonds. The van der Waals surface area contributed by atoms with Crippen LogP contribution in [-0.2, 0) is 13.6 Å². The van der Waals surface area contributed by atoms with Crippen LogP contribution < -0.4 is 0 Å². The number of hydrogen-bond donors (Lipinski definition) is 0. The van der Waals surface area contributed by atoms with E-state index < -0.39 is 8.56 Å². The largest absolute Gasteiger partial charge is 0.396 e. The first-order chi connectivity index (χ1) is 7.62. The molecule has 0 N–H and O–H groups in total. The van der Waals surface area contributed by atoms with E-state index in [4.69, 9.17) is 13.6 Å². The van der Waals surface area contributed by atoms with Crippen LogP contribution in [0.4, 0.5) is 0 Å². The van der Waals surface area contributed by atoms with E-state index >= 15 is 0 Å². The molecule has 2 unspecified atom stereocenters. The van der Waals surface area contributed by atoms with Gasteiger partial charge in [-0.2, -0.15) is 0 Å². The molecule has 1 rings (SSSR count). The fraction of sp³-hybridized carbons (Fsp3) is 1.00. The van der Waals surface area contributed by atoms with Crippen LogP contribution >= 0.6 is 22.6 Å². The zero-order chi connectivity index (χ0) is 12.2. The molecule has 0 aromatic carbocycles. The smallest absolute Gasteiger partial charge is 0.371 e. The number of alkyl halides is 1. The SMILES string of the molecule is CCCC1(OC)C(I)CCC[Si]1(OC)OC. The summed E-state index contributed by atoms with van der Waals surface area (Å²) in [7, 11) is 3.16. The van der Waals surface area contributed by atoms with Gasteiger partial charge in [0.25, 0.3) is 0 Å². The molecule has 3 nitrogen and oxygen atoms in total. The van der Waals surface area contributed by atoms with Crippen molar-refractivity contribution in [1.29, 1.82) is 0 Å². The van der Waals surface area contributed by atoms with Gasteiger partial charge in [-0.25, -0.2) is 0 Å². The zero-order valence-corrected chi connectivity index (χ0v) is 13.9. The third kappa shape index (κ3) is 2.21. The van der Waals surface area contributed by atoms with Gasteiger partial charge < -0.3 is 13.6 Å². The molecule has 0 spiro atoms. The number of methoxy groups -OCH3 is 1. The second-order valence-electron chi connectivity index (χ2n) is 4.36. The van der Waals surface area contributed by atoms with Gasteiger partial charge >= 0.3 is 8.56 Å². The number of rotatable bonds is 5. The normalized spacial score (nSPS) is 33.9. The van der Waals surface area contributed by atoms with Gasteiger partial charge in [-0.1, -0.05) is 42.4 Å². The number of halogens is 1. The fourth-order valence-corrected chi connectivity index (χ4v) is 9.29. The Labute approximate surface area is 114 Å². The third-order valence-electron chi connectivity index (χ3n) is 3.76. The summed E-state index contributed by atoms with van der Waals surface area (Å²) < 4.78 is 18.1. The lowest BCUT2D eigenvalue weighted by atomic mass is 10.1. The first-order valence-electron chi connectivity index (χ1n) is 5.92. The van der Waals surface area contributed by atoms with Crippen LogP contribution in [0.2, 0.25) is 6.04 Å². The molecule has 0 aromatic heterocycles. The third-order valence-corrected chi connectivity index (χ3v) is 10.4. The highest BCUT2D eigenvalue weighted by Crippen LogP contribution is 2.46. The highest BCUT2D eigenvalue weighted by molar-refractivity contribution is 14.1. The minimum absolute atomic E-state index is 0.177. The zero-order valence-electron chi connectivity index (χ0n) is 10.7. The lowest BCUT2D eigenvalue weighted by Crippen LogP contribution is -2.69. The van der Waals surface area contributed by atoms with Gasteiger partial charge in [0.2, 0.25) is 0 Å². The minimum atomic E-state index is -2.22. The highest BCUT2D eigenvalue weighted by Gasteiger charge is 2.62. The summed E-state index contributed by atoms with van der Waals surface area (Å²) in [5, 5.41) is -0.177. The van der Waals surface area contributed by atoms with E-state index in [0.29, 0.717) is 3.92 Å². The van der Waals surface area contributed by atoms with Crippen LogP contribution in [0.15, 0.2) is 0 Å². The Hall–Kier alpha value is 0.827. The Morgan fingerprint density at radius 1 is 1.31 bits per heavy atom. The molecule has 1 aliphatic rings. The quantitative estimate of drug-likeness (QED) is 0.430.